The lowest BCUT2D eigenvalue weighted by Crippen LogP contribution is -2.20. The van der Waals surface area contributed by atoms with Gasteiger partial charge in [0.25, 0.3) is 0 Å². The van der Waals surface area contributed by atoms with Crippen LogP contribution in [0.25, 0.3) is 11.1 Å². The van der Waals surface area contributed by atoms with Gasteiger partial charge in [0.2, 0.25) is 0 Å². The standard InChI is InChI=1S/C23H16F3NO5/c24-23(25,26)32-13-9-10-20(18(11-13)21(28)29)27-22(30)31-12-19-16-7-3-1-5-14(16)15-6-2-4-8-17(15)19/h1-11,19H,12H2,(H,27,30)(H,28,29). The lowest BCUT2D eigenvalue weighted by Gasteiger charge is -2.16. The van der Waals surface area contributed by atoms with Crippen LogP contribution in [0.15, 0.2) is 66.7 Å². The molecule has 6 nitrogen and oxygen atoms in total. The molecule has 0 aromatic heterocycles. The summed E-state index contributed by atoms with van der Waals surface area (Å²) in [6.07, 6.45) is -5.91. The second-order valence-electron chi connectivity index (χ2n) is 7.01. The fourth-order valence-electron chi connectivity index (χ4n) is 3.75. The Morgan fingerprint density at radius 3 is 2.09 bits per heavy atom. The third-order valence-corrected chi connectivity index (χ3v) is 5.04. The second-order valence-corrected chi connectivity index (χ2v) is 7.01. The van der Waals surface area contributed by atoms with E-state index >= 15 is 0 Å². The van der Waals surface area contributed by atoms with Gasteiger partial charge in [-0.05, 0) is 40.5 Å². The lowest BCUT2D eigenvalue weighted by atomic mass is 9.98. The molecule has 0 aliphatic heterocycles. The van der Waals surface area contributed by atoms with E-state index in [2.05, 4.69) is 10.1 Å². The molecule has 1 amide bonds. The Labute approximate surface area is 180 Å². The predicted octanol–water partition coefficient (Wildman–Crippen LogP) is 5.64. The molecule has 0 saturated carbocycles. The van der Waals surface area contributed by atoms with Crippen molar-refractivity contribution >= 4 is 17.7 Å². The Morgan fingerprint density at radius 2 is 1.53 bits per heavy atom. The number of benzene rings is 3. The third kappa shape index (κ3) is 4.36. The highest BCUT2D eigenvalue weighted by molar-refractivity contribution is 5.99. The molecule has 0 spiro atoms. The van der Waals surface area contributed by atoms with Gasteiger partial charge in [-0.1, -0.05) is 48.5 Å². The molecule has 0 saturated heterocycles. The van der Waals surface area contributed by atoms with Crippen LogP contribution in [0, 0.1) is 0 Å². The van der Waals surface area contributed by atoms with Crippen molar-refractivity contribution in [3.05, 3.63) is 83.4 Å². The van der Waals surface area contributed by atoms with Gasteiger partial charge in [0.05, 0.1) is 11.3 Å². The van der Waals surface area contributed by atoms with E-state index in [9.17, 15) is 27.9 Å². The van der Waals surface area contributed by atoms with Crippen molar-refractivity contribution in [3.63, 3.8) is 0 Å². The van der Waals surface area contributed by atoms with Crippen LogP contribution in [0.1, 0.15) is 27.4 Å². The summed E-state index contributed by atoms with van der Waals surface area (Å²) in [5.41, 5.74) is 3.31. The second kappa shape index (κ2) is 8.26. The zero-order valence-electron chi connectivity index (χ0n) is 16.3. The maximum Gasteiger partial charge on any atom is 0.573 e. The molecule has 0 radical (unpaired) electrons. The fraction of sp³-hybridized carbons (Fsp3) is 0.130. The molecule has 9 heteroatoms. The Hall–Kier alpha value is -4.01. The van der Waals surface area contributed by atoms with Crippen molar-refractivity contribution in [1.29, 1.82) is 0 Å². The number of alkyl halides is 3. The number of aromatic carboxylic acids is 1. The van der Waals surface area contributed by atoms with E-state index < -0.39 is 29.7 Å². The van der Waals surface area contributed by atoms with Crippen LogP contribution in [0.4, 0.5) is 23.7 Å². The molecule has 0 bridgehead atoms. The Kier molecular flexibility index (Phi) is 5.48. The van der Waals surface area contributed by atoms with Crippen molar-refractivity contribution in [2.75, 3.05) is 11.9 Å². The van der Waals surface area contributed by atoms with Gasteiger partial charge in [0, 0.05) is 5.92 Å². The van der Waals surface area contributed by atoms with Crippen LogP contribution in [-0.4, -0.2) is 30.1 Å². The van der Waals surface area contributed by atoms with E-state index in [4.69, 9.17) is 4.74 Å². The molecule has 1 aliphatic rings. The summed E-state index contributed by atoms with van der Waals surface area (Å²) in [5.74, 6) is -2.45. The van der Waals surface area contributed by atoms with Crippen LogP contribution in [0.3, 0.4) is 0 Å². The average Bonchev–Trinajstić information content (AvgIpc) is 3.06. The van der Waals surface area contributed by atoms with E-state index in [-0.39, 0.29) is 18.2 Å². The van der Waals surface area contributed by atoms with Crippen LogP contribution in [0.5, 0.6) is 5.75 Å². The lowest BCUT2D eigenvalue weighted by molar-refractivity contribution is -0.274. The van der Waals surface area contributed by atoms with Gasteiger partial charge in [0.15, 0.2) is 0 Å². The van der Waals surface area contributed by atoms with Crippen molar-refractivity contribution in [1.82, 2.24) is 0 Å². The number of rotatable bonds is 5. The molecule has 1 aliphatic carbocycles. The van der Waals surface area contributed by atoms with Gasteiger partial charge in [0.1, 0.15) is 12.4 Å². The molecular weight excluding hydrogens is 427 g/mol. The molecule has 0 fully saturated rings. The summed E-state index contributed by atoms with van der Waals surface area (Å²) in [6, 6.07) is 18.1. The van der Waals surface area contributed by atoms with Crippen LogP contribution in [-0.2, 0) is 4.74 Å². The smallest absolute Gasteiger partial charge is 0.478 e. The van der Waals surface area contributed by atoms with Gasteiger partial charge in [-0.2, -0.15) is 0 Å². The first-order valence-electron chi connectivity index (χ1n) is 9.48. The Morgan fingerprint density at radius 1 is 0.938 bits per heavy atom. The normalized spacial score (nSPS) is 12.6. The SMILES string of the molecule is O=C(Nc1ccc(OC(F)(F)F)cc1C(=O)O)OCC1c2ccccc2-c2ccccc21. The minimum absolute atomic E-state index is 0.00245. The van der Waals surface area contributed by atoms with Gasteiger partial charge >= 0.3 is 18.4 Å². The summed E-state index contributed by atoms with van der Waals surface area (Å²) in [6.45, 7) is -0.00245. The number of halogens is 3. The molecule has 0 heterocycles. The average molecular weight is 443 g/mol. The minimum atomic E-state index is -4.97. The number of carbonyl (C=O) groups is 2. The van der Waals surface area contributed by atoms with Crippen molar-refractivity contribution in [3.8, 4) is 16.9 Å². The Bertz CT molecular complexity index is 1150. The van der Waals surface area contributed by atoms with E-state index in [0.29, 0.717) is 6.07 Å². The van der Waals surface area contributed by atoms with Gasteiger partial charge in [-0.15, -0.1) is 13.2 Å². The van der Waals surface area contributed by atoms with Gasteiger partial charge in [-0.25, -0.2) is 9.59 Å². The van der Waals surface area contributed by atoms with E-state index in [1.165, 1.54) is 0 Å². The largest absolute Gasteiger partial charge is 0.573 e. The number of hydrogen-bond acceptors (Lipinski definition) is 4. The quantitative estimate of drug-likeness (QED) is 0.533. The summed E-state index contributed by atoms with van der Waals surface area (Å²) in [5, 5.41) is 11.6. The summed E-state index contributed by atoms with van der Waals surface area (Å²) in [4.78, 5) is 23.8. The molecule has 0 atom stereocenters. The maximum atomic E-state index is 12.4. The summed E-state index contributed by atoms with van der Waals surface area (Å²) in [7, 11) is 0. The zero-order chi connectivity index (χ0) is 22.9. The fourth-order valence-corrected chi connectivity index (χ4v) is 3.75. The van der Waals surface area contributed by atoms with E-state index in [0.717, 1.165) is 34.4 Å². The molecule has 0 unspecified atom stereocenters. The number of ether oxygens (including phenoxy) is 2. The molecule has 3 aromatic rings. The number of anilines is 1. The molecule has 3 aromatic carbocycles. The first-order valence-corrected chi connectivity index (χ1v) is 9.48. The van der Waals surface area contributed by atoms with E-state index in [1.807, 2.05) is 48.5 Å². The third-order valence-electron chi connectivity index (χ3n) is 5.04. The number of amides is 1. The number of nitrogens with one attached hydrogen (secondary N) is 1. The predicted molar refractivity (Wildman–Crippen MR) is 109 cm³/mol. The van der Waals surface area contributed by atoms with Crippen LogP contribution < -0.4 is 10.1 Å². The minimum Gasteiger partial charge on any atom is -0.478 e. The van der Waals surface area contributed by atoms with Gasteiger partial charge in [-0.3, -0.25) is 5.32 Å². The zero-order valence-corrected chi connectivity index (χ0v) is 16.3. The molecule has 2 N–H and O–H groups in total. The number of carbonyl (C=O) groups excluding carboxylic acids is 1. The number of carboxylic acids is 1. The maximum absolute atomic E-state index is 12.4. The van der Waals surface area contributed by atoms with Crippen molar-refractivity contribution in [2.45, 2.75) is 12.3 Å². The summed E-state index contributed by atoms with van der Waals surface area (Å²) < 4.78 is 46.2. The van der Waals surface area contributed by atoms with Crippen LogP contribution in [0.2, 0.25) is 0 Å². The first kappa shape index (κ1) is 21.2. The summed E-state index contributed by atoms with van der Waals surface area (Å²) >= 11 is 0. The van der Waals surface area contributed by atoms with Gasteiger partial charge < -0.3 is 14.6 Å². The molecule has 164 valence electrons. The first-order chi connectivity index (χ1) is 15.2. The van der Waals surface area contributed by atoms with E-state index in [1.54, 1.807) is 0 Å². The Balaban J connectivity index is 1.49. The van der Waals surface area contributed by atoms with Crippen LogP contribution >= 0.6 is 0 Å². The highest BCUT2D eigenvalue weighted by Gasteiger charge is 2.32. The number of hydrogen-bond donors (Lipinski definition) is 2. The molecule has 4 rings (SSSR count). The highest BCUT2D eigenvalue weighted by atomic mass is 19.4. The highest BCUT2D eigenvalue weighted by Crippen LogP contribution is 2.44. The molecular formula is C23H16F3NO5. The van der Waals surface area contributed by atoms with Crippen molar-refractivity contribution in [2.24, 2.45) is 0 Å². The monoisotopic (exact) mass is 443 g/mol. The number of carboxylic acid groups (broad SMARTS) is 1. The van der Waals surface area contributed by atoms with Crippen molar-refractivity contribution < 1.29 is 37.3 Å². The molecule has 32 heavy (non-hydrogen) atoms. The topological polar surface area (TPSA) is 84.9 Å². The number of fused-ring (bicyclic) bond motifs is 3.